The van der Waals surface area contributed by atoms with Crippen LogP contribution >= 0.6 is 0 Å². The summed E-state index contributed by atoms with van der Waals surface area (Å²) in [6, 6.07) is 14.6. The van der Waals surface area contributed by atoms with Crippen LogP contribution in [0.1, 0.15) is 24.0 Å². The Morgan fingerprint density at radius 2 is 1.73 bits per heavy atom. The summed E-state index contributed by atoms with van der Waals surface area (Å²) in [6.45, 7) is 4.39. The average molecular weight is 406 g/mol. The first-order valence-electron chi connectivity index (χ1n) is 9.86. The quantitative estimate of drug-likeness (QED) is 0.824. The number of halogens is 2. The van der Waals surface area contributed by atoms with Crippen LogP contribution in [0.3, 0.4) is 0 Å². The molecule has 2 aliphatic heterocycles. The monoisotopic (exact) mass is 406 g/mol. The lowest BCUT2D eigenvalue weighted by Gasteiger charge is -2.36. The summed E-state index contributed by atoms with van der Waals surface area (Å²) < 4.78 is 32.8. The van der Waals surface area contributed by atoms with E-state index in [0.717, 1.165) is 35.4 Å². The van der Waals surface area contributed by atoms with Crippen molar-refractivity contribution in [1.29, 1.82) is 5.26 Å². The zero-order valence-electron chi connectivity index (χ0n) is 16.6. The number of nitriles is 1. The molecule has 4 nitrogen and oxygen atoms in total. The Balaban J connectivity index is 1.86. The molecule has 2 aliphatic rings. The van der Waals surface area contributed by atoms with Gasteiger partial charge in [0.05, 0.1) is 12.5 Å². The van der Waals surface area contributed by atoms with Gasteiger partial charge in [0.2, 0.25) is 5.88 Å². The first-order valence-corrected chi connectivity index (χ1v) is 9.86. The Hall–Kier alpha value is -3.43. The van der Waals surface area contributed by atoms with Crippen molar-refractivity contribution in [2.75, 3.05) is 19.6 Å². The molecule has 4 rings (SSSR count). The molecule has 0 radical (unpaired) electrons. The molecule has 2 heterocycles. The van der Waals surface area contributed by atoms with Crippen LogP contribution < -0.4 is 10.6 Å². The van der Waals surface area contributed by atoms with Gasteiger partial charge < -0.3 is 15.4 Å². The number of likely N-dealkylation sites (N-methyl/N-ethyl adjacent to an activating group) is 1. The zero-order valence-corrected chi connectivity index (χ0v) is 16.6. The first kappa shape index (κ1) is 19.9. The average Bonchev–Trinajstić information content (AvgIpc) is 2.75. The number of nitrogens with one attached hydrogen (secondary N) is 1. The Morgan fingerprint density at radius 1 is 1.10 bits per heavy atom. The van der Waals surface area contributed by atoms with Crippen molar-refractivity contribution < 1.29 is 18.4 Å². The van der Waals surface area contributed by atoms with Gasteiger partial charge in [-0.15, -0.1) is 0 Å². The highest BCUT2D eigenvalue weighted by molar-refractivity contribution is 5.62. The van der Waals surface area contributed by atoms with E-state index in [0.29, 0.717) is 17.9 Å². The number of nitrogens with zero attached hydrogens (tertiary/aromatic N) is 1. The second kappa shape index (κ2) is 8.13. The molecule has 2 aromatic carbocycles. The van der Waals surface area contributed by atoms with E-state index in [1.165, 1.54) is 29.2 Å². The van der Waals surface area contributed by atoms with Crippen LogP contribution in [0.5, 0.6) is 0 Å². The third-order valence-electron chi connectivity index (χ3n) is 5.61. The normalized spacial score (nSPS) is 22.5. The van der Waals surface area contributed by atoms with Crippen molar-refractivity contribution in [3.63, 3.8) is 0 Å². The fourth-order valence-corrected chi connectivity index (χ4v) is 4.08. The zero-order chi connectivity index (χ0) is 21.3. The molecular weight excluding hydrogens is 384 g/mol. The molecule has 0 aromatic heterocycles. The maximum atomic E-state index is 13.5. The molecule has 0 amide bonds. The minimum absolute atomic E-state index is 0.0653. The van der Waals surface area contributed by atoms with E-state index in [1.54, 1.807) is 24.3 Å². The van der Waals surface area contributed by atoms with E-state index < -0.39 is 5.92 Å². The van der Waals surface area contributed by atoms with Gasteiger partial charge in [-0.2, -0.15) is 5.26 Å². The van der Waals surface area contributed by atoms with Crippen LogP contribution in [-0.4, -0.2) is 19.6 Å². The predicted molar refractivity (Wildman–Crippen MR) is 110 cm³/mol. The smallest absolute Gasteiger partial charge is 0.205 e. The molecule has 3 N–H and O–H groups in total. The molecule has 0 saturated heterocycles. The molecule has 0 bridgehead atoms. The van der Waals surface area contributed by atoms with Crippen molar-refractivity contribution in [3.8, 4) is 6.07 Å². The lowest BCUT2D eigenvalue weighted by Crippen LogP contribution is -3.12. The molecule has 0 aliphatic carbocycles. The number of nitrogens with two attached hydrogens (primary N) is 1. The highest BCUT2D eigenvalue weighted by atomic mass is 19.1. The van der Waals surface area contributed by atoms with Crippen molar-refractivity contribution in [2.45, 2.75) is 12.8 Å². The third-order valence-corrected chi connectivity index (χ3v) is 5.61. The van der Waals surface area contributed by atoms with Crippen LogP contribution in [0.25, 0.3) is 6.08 Å². The number of allylic oxidation sites excluding steroid dienone is 1. The molecule has 2 atom stereocenters. The summed E-state index contributed by atoms with van der Waals surface area (Å²) in [4.78, 5) is 1.30. The molecule has 152 valence electrons. The Morgan fingerprint density at radius 3 is 2.33 bits per heavy atom. The number of hydrogen-bond acceptors (Lipinski definition) is 3. The standard InChI is InChI=1S/C24H21F2N3O/c1-2-29-13-17(11-15-3-7-18(25)8-4-15)23-21(14-29)22(20(12-27)24(28)30-23)16-5-9-19(26)10-6-16/h3-11,22H,2,13-14,28H2,1H3/p+1/b17-11-/t22-/m1/s1. The van der Waals surface area contributed by atoms with Gasteiger partial charge in [0.15, 0.2) is 0 Å². The van der Waals surface area contributed by atoms with E-state index >= 15 is 0 Å². The Bertz CT molecular complexity index is 1090. The molecule has 2 aromatic rings. The Kier molecular flexibility index (Phi) is 5.39. The Labute approximate surface area is 174 Å². The lowest BCUT2D eigenvalue weighted by atomic mass is 9.80. The molecule has 1 unspecified atom stereocenters. The highest BCUT2D eigenvalue weighted by Gasteiger charge is 2.39. The second-order valence-electron chi connectivity index (χ2n) is 7.51. The van der Waals surface area contributed by atoms with Gasteiger partial charge in [0.1, 0.15) is 42.1 Å². The van der Waals surface area contributed by atoms with Gasteiger partial charge in [-0.25, -0.2) is 8.78 Å². The van der Waals surface area contributed by atoms with Gasteiger partial charge in [-0.1, -0.05) is 24.3 Å². The van der Waals surface area contributed by atoms with Gasteiger partial charge >= 0.3 is 0 Å². The van der Waals surface area contributed by atoms with Crippen LogP contribution in [0, 0.1) is 23.0 Å². The predicted octanol–water partition coefficient (Wildman–Crippen LogP) is 3.03. The van der Waals surface area contributed by atoms with Crippen molar-refractivity contribution >= 4 is 6.08 Å². The number of hydrogen-bond donors (Lipinski definition) is 2. The summed E-state index contributed by atoms with van der Waals surface area (Å²) in [5, 5.41) is 9.77. The van der Waals surface area contributed by atoms with Crippen LogP contribution in [0.15, 0.2) is 76.9 Å². The molecule has 0 spiro atoms. The van der Waals surface area contributed by atoms with Crippen molar-refractivity contribution in [2.24, 2.45) is 5.73 Å². The number of benzene rings is 2. The van der Waals surface area contributed by atoms with Gasteiger partial charge in [-0.3, -0.25) is 0 Å². The van der Waals surface area contributed by atoms with Crippen LogP contribution in [0.4, 0.5) is 8.78 Å². The van der Waals surface area contributed by atoms with Gasteiger partial charge in [-0.05, 0) is 48.4 Å². The number of quaternary nitrogens is 1. The topological polar surface area (TPSA) is 63.5 Å². The second-order valence-corrected chi connectivity index (χ2v) is 7.51. The largest absolute Gasteiger partial charge is 0.440 e. The van der Waals surface area contributed by atoms with Gasteiger partial charge in [0.25, 0.3) is 0 Å². The maximum Gasteiger partial charge on any atom is 0.205 e. The van der Waals surface area contributed by atoms with E-state index in [9.17, 15) is 14.0 Å². The van der Waals surface area contributed by atoms with Crippen molar-refractivity contribution in [1.82, 2.24) is 0 Å². The fraction of sp³-hybridized carbons (Fsp3) is 0.208. The minimum Gasteiger partial charge on any atom is -0.440 e. The SMILES string of the molecule is CC[NH+]1CC2=C(OC(N)=C(C#N)[C@H]2c2ccc(F)cc2)/C(=C\c2ccc(F)cc2)C1. The van der Waals surface area contributed by atoms with E-state index in [-0.39, 0.29) is 17.5 Å². The molecule has 30 heavy (non-hydrogen) atoms. The minimum atomic E-state index is -0.391. The first-order chi connectivity index (χ1) is 14.5. The molecule has 6 heteroatoms. The summed E-state index contributed by atoms with van der Waals surface area (Å²) in [7, 11) is 0. The van der Waals surface area contributed by atoms with Gasteiger partial charge in [0, 0.05) is 11.1 Å². The van der Waals surface area contributed by atoms with Crippen LogP contribution in [-0.2, 0) is 4.74 Å². The van der Waals surface area contributed by atoms with E-state index in [2.05, 4.69) is 13.0 Å². The summed E-state index contributed by atoms with van der Waals surface area (Å²) in [5.41, 5.74) is 10.0. The van der Waals surface area contributed by atoms with Crippen LogP contribution in [0.2, 0.25) is 0 Å². The summed E-state index contributed by atoms with van der Waals surface area (Å²) in [5.74, 6) is -0.301. The molecular formula is C24H22F2N3O+. The maximum absolute atomic E-state index is 13.5. The summed E-state index contributed by atoms with van der Waals surface area (Å²) in [6.07, 6.45) is 1.97. The fourth-order valence-electron chi connectivity index (χ4n) is 4.08. The highest BCUT2D eigenvalue weighted by Crippen LogP contribution is 2.41. The number of rotatable bonds is 3. The third kappa shape index (κ3) is 3.72. The molecule has 0 saturated carbocycles. The van der Waals surface area contributed by atoms with E-state index in [4.69, 9.17) is 10.5 Å². The number of ether oxygens (including phenoxy) is 1. The van der Waals surface area contributed by atoms with E-state index in [1.807, 2.05) is 6.08 Å². The lowest BCUT2D eigenvalue weighted by molar-refractivity contribution is -0.890. The van der Waals surface area contributed by atoms with Crippen molar-refractivity contribution in [3.05, 3.63) is 99.7 Å². The summed E-state index contributed by atoms with van der Waals surface area (Å²) >= 11 is 0. The molecule has 0 fully saturated rings.